The highest BCUT2D eigenvalue weighted by Gasteiger charge is 2.13. The highest BCUT2D eigenvalue weighted by molar-refractivity contribution is 5.23. The van der Waals surface area contributed by atoms with Gasteiger partial charge in [-0.15, -0.1) is 0 Å². The van der Waals surface area contributed by atoms with Crippen LogP contribution in [-0.2, 0) is 17.9 Å². The van der Waals surface area contributed by atoms with Crippen molar-refractivity contribution in [3.63, 3.8) is 0 Å². The molecule has 18 heavy (non-hydrogen) atoms. The van der Waals surface area contributed by atoms with Gasteiger partial charge in [0.05, 0.1) is 12.7 Å². The molecule has 2 rings (SSSR count). The van der Waals surface area contributed by atoms with Crippen LogP contribution in [0, 0.1) is 5.82 Å². The molecule has 0 heterocycles. The van der Waals surface area contributed by atoms with Gasteiger partial charge in [-0.3, -0.25) is 0 Å². The van der Waals surface area contributed by atoms with Gasteiger partial charge in [0, 0.05) is 12.1 Å². The van der Waals surface area contributed by atoms with Crippen molar-refractivity contribution in [2.45, 2.75) is 57.8 Å². The summed E-state index contributed by atoms with van der Waals surface area (Å²) in [6.07, 6.45) is 7.61. The Kier molecular flexibility index (Phi) is 5.14. The molecule has 1 saturated carbocycles. The van der Waals surface area contributed by atoms with Gasteiger partial charge in [0.1, 0.15) is 5.82 Å². The molecular formula is C15H22FNO. The second-order valence-corrected chi connectivity index (χ2v) is 5.05. The summed E-state index contributed by atoms with van der Waals surface area (Å²) in [6.45, 7) is 0.752. The standard InChI is InChI=1S/C15H22FNO/c16-15-9-12(10-17)7-8-13(15)11-18-14-5-3-1-2-4-6-14/h7-9,14H,1-6,10-11,17H2. The quantitative estimate of drug-likeness (QED) is 0.831. The average Bonchev–Trinajstić information content (AvgIpc) is 2.66. The van der Waals surface area contributed by atoms with E-state index in [-0.39, 0.29) is 5.82 Å². The van der Waals surface area contributed by atoms with E-state index in [0.717, 1.165) is 18.4 Å². The summed E-state index contributed by atoms with van der Waals surface area (Å²) in [4.78, 5) is 0. The van der Waals surface area contributed by atoms with Gasteiger partial charge in [0.25, 0.3) is 0 Å². The summed E-state index contributed by atoms with van der Waals surface area (Å²) in [5.41, 5.74) is 6.94. The smallest absolute Gasteiger partial charge is 0.129 e. The highest BCUT2D eigenvalue weighted by Crippen LogP contribution is 2.21. The largest absolute Gasteiger partial charge is 0.373 e. The van der Waals surface area contributed by atoms with Crippen molar-refractivity contribution in [1.82, 2.24) is 0 Å². The number of hydrogen-bond acceptors (Lipinski definition) is 2. The molecule has 3 heteroatoms. The van der Waals surface area contributed by atoms with Crippen molar-refractivity contribution in [3.05, 3.63) is 35.1 Å². The summed E-state index contributed by atoms with van der Waals surface area (Å²) in [7, 11) is 0. The maximum Gasteiger partial charge on any atom is 0.129 e. The Labute approximate surface area is 108 Å². The predicted octanol–water partition coefficient (Wildman–Crippen LogP) is 3.52. The number of halogens is 1. The van der Waals surface area contributed by atoms with Crippen molar-refractivity contribution in [1.29, 1.82) is 0 Å². The predicted molar refractivity (Wildman–Crippen MR) is 70.6 cm³/mol. The fourth-order valence-electron chi connectivity index (χ4n) is 2.45. The Morgan fingerprint density at radius 2 is 1.89 bits per heavy atom. The first-order chi connectivity index (χ1) is 8.79. The van der Waals surface area contributed by atoms with Crippen LogP contribution in [0.3, 0.4) is 0 Å². The van der Waals surface area contributed by atoms with Crippen molar-refractivity contribution in [2.24, 2.45) is 5.73 Å². The molecule has 0 bridgehead atoms. The van der Waals surface area contributed by atoms with Crippen LogP contribution in [0.2, 0.25) is 0 Å². The molecule has 0 spiro atoms. The molecule has 0 aromatic heterocycles. The molecule has 1 aromatic rings. The van der Waals surface area contributed by atoms with Gasteiger partial charge >= 0.3 is 0 Å². The number of nitrogens with two attached hydrogens (primary N) is 1. The first-order valence-corrected chi connectivity index (χ1v) is 6.88. The molecule has 100 valence electrons. The van der Waals surface area contributed by atoms with E-state index < -0.39 is 0 Å². The fraction of sp³-hybridized carbons (Fsp3) is 0.600. The summed E-state index contributed by atoms with van der Waals surface area (Å²) < 4.78 is 19.6. The van der Waals surface area contributed by atoms with E-state index in [9.17, 15) is 4.39 Å². The van der Waals surface area contributed by atoms with Crippen LogP contribution in [-0.4, -0.2) is 6.10 Å². The molecule has 2 N–H and O–H groups in total. The second kappa shape index (κ2) is 6.86. The minimum Gasteiger partial charge on any atom is -0.373 e. The maximum absolute atomic E-state index is 13.7. The summed E-state index contributed by atoms with van der Waals surface area (Å²) in [5.74, 6) is -0.202. The molecule has 1 aromatic carbocycles. The van der Waals surface area contributed by atoms with Gasteiger partial charge in [-0.25, -0.2) is 4.39 Å². The van der Waals surface area contributed by atoms with Gasteiger partial charge in [0.2, 0.25) is 0 Å². The normalized spacial score (nSPS) is 17.7. The third kappa shape index (κ3) is 3.79. The summed E-state index contributed by atoms with van der Waals surface area (Å²) in [6, 6.07) is 5.16. The summed E-state index contributed by atoms with van der Waals surface area (Å²) in [5, 5.41) is 0. The van der Waals surface area contributed by atoms with Crippen LogP contribution in [0.4, 0.5) is 4.39 Å². The van der Waals surface area contributed by atoms with Gasteiger partial charge in [-0.2, -0.15) is 0 Å². The fourth-order valence-corrected chi connectivity index (χ4v) is 2.45. The van der Waals surface area contributed by atoms with Crippen LogP contribution < -0.4 is 5.73 Å². The molecular weight excluding hydrogens is 229 g/mol. The van der Waals surface area contributed by atoms with E-state index in [1.54, 1.807) is 6.07 Å². The minimum atomic E-state index is -0.202. The van der Waals surface area contributed by atoms with Crippen LogP contribution in [0.15, 0.2) is 18.2 Å². The molecule has 0 amide bonds. The minimum absolute atomic E-state index is 0.202. The van der Waals surface area contributed by atoms with Gasteiger partial charge in [-0.1, -0.05) is 37.8 Å². The number of rotatable bonds is 4. The number of ether oxygens (including phenoxy) is 1. The Balaban J connectivity index is 1.88. The third-order valence-electron chi connectivity index (χ3n) is 3.63. The van der Waals surface area contributed by atoms with E-state index in [1.165, 1.54) is 31.7 Å². The van der Waals surface area contributed by atoms with Crippen LogP contribution in [0.5, 0.6) is 0 Å². The zero-order chi connectivity index (χ0) is 12.8. The SMILES string of the molecule is NCc1ccc(COC2CCCCCC2)c(F)c1. The molecule has 0 aliphatic heterocycles. The molecule has 1 aliphatic carbocycles. The Bertz CT molecular complexity index is 373. The average molecular weight is 251 g/mol. The first kappa shape index (κ1) is 13.5. The van der Waals surface area contributed by atoms with Gasteiger partial charge < -0.3 is 10.5 Å². The molecule has 2 nitrogen and oxygen atoms in total. The second-order valence-electron chi connectivity index (χ2n) is 5.05. The van der Waals surface area contributed by atoms with Gasteiger partial charge in [-0.05, 0) is 24.5 Å². The van der Waals surface area contributed by atoms with Crippen LogP contribution in [0.25, 0.3) is 0 Å². The zero-order valence-electron chi connectivity index (χ0n) is 10.8. The molecule has 0 atom stereocenters. The number of benzene rings is 1. The molecule has 1 aliphatic rings. The molecule has 0 saturated heterocycles. The monoisotopic (exact) mass is 251 g/mol. The Hall–Kier alpha value is -0.930. The van der Waals surface area contributed by atoms with E-state index in [1.807, 2.05) is 6.07 Å². The van der Waals surface area contributed by atoms with E-state index in [0.29, 0.717) is 24.8 Å². The van der Waals surface area contributed by atoms with Crippen molar-refractivity contribution in [2.75, 3.05) is 0 Å². The molecule has 0 radical (unpaired) electrons. The highest BCUT2D eigenvalue weighted by atomic mass is 19.1. The first-order valence-electron chi connectivity index (χ1n) is 6.88. The Morgan fingerprint density at radius 1 is 1.17 bits per heavy atom. The third-order valence-corrected chi connectivity index (χ3v) is 3.63. The lowest BCUT2D eigenvalue weighted by atomic mass is 10.1. The van der Waals surface area contributed by atoms with Crippen molar-refractivity contribution >= 4 is 0 Å². The molecule has 1 fully saturated rings. The number of hydrogen-bond donors (Lipinski definition) is 1. The van der Waals surface area contributed by atoms with Gasteiger partial charge in [0.15, 0.2) is 0 Å². The van der Waals surface area contributed by atoms with Crippen LogP contribution in [0.1, 0.15) is 49.7 Å². The van der Waals surface area contributed by atoms with E-state index in [4.69, 9.17) is 10.5 Å². The van der Waals surface area contributed by atoms with E-state index >= 15 is 0 Å². The lowest BCUT2D eigenvalue weighted by Gasteiger charge is -2.15. The van der Waals surface area contributed by atoms with Crippen molar-refractivity contribution in [3.8, 4) is 0 Å². The summed E-state index contributed by atoms with van der Waals surface area (Å²) >= 11 is 0. The topological polar surface area (TPSA) is 35.2 Å². The maximum atomic E-state index is 13.7. The molecule has 0 unspecified atom stereocenters. The lowest BCUT2D eigenvalue weighted by Crippen LogP contribution is -2.12. The Morgan fingerprint density at radius 3 is 2.50 bits per heavy atom. The van der Waals surface area contributed by atoms with E-state index in [2.05, 4.69) is 0 Å². The van der Waals surface area contributed by atoms with Crippen LogP contribution >= 0.6 is 0 Å². The zero-order valence-corrected chi connectivity index (χ0v) is 10.8. The lowest BCUT2D eigenvalue weighted by molar-refractivity contribution is 0.0295. The van der Waals surface area contributed by atoms with Crippen molar-refractivity contribution < 1.29 is 9.13 Å².